The van der Waals surface area contributed by atoms with Crippen molar-refractivity contribution >= 4 is 11.8 Å². The lowest BCUT2D eigenvalue weighted by atomic mass is 9.56. The van der Waals surface area contributed by atoms with Crippen LogP contribution in [0.5, 0.6) is 0 Å². The van der Waals surface area contributed by atoms with Crippen LogP contribution in [0.15, 0.2) is 0 Å². The maximum atomic E-state index is 13.8. The fraction of sp³-hybridized carbons (Fsp3) is 0.897. The SMILES string of the molecule is CCOOC[C@@H]1CCCN(C2CCN(C(=O)C34CCC(NCC(=O)N5C[C@@H](F)C[C@H]5C#N)(CC3)CC4)CC2)C1. The number of nitriles is 1. The van der Waals surface area contributed by atoms with Crippen LogP contribution in [-0.4, -0.2) is 103 Å². The molecule has 6 fully saturated rings. The van der Waals surface area contributed by atoms with E-state index in [2.05, 4.69) is 21.2 Å². The van der Waals surface area contributed by atoms with Gasteiger partial charge >= 0.3 is 0 Å². The number of piperidine rings is 2. The van der Waals surface area contributed by atoms with E-state index in [-0.39, 0.29) is 36.4 Å². The third-order valence-electron chi connectivity index (χ3n) is 10.4. The highest BCUT2D eigenvalue weighted by molar-refractivity contribution is 5.83. The molecule has 9 nitrogen and oxygen atoms in total. The lowest BCUT2D eigenvalue weighted by Crippen LogP contribution is -2.61. The Hall–Kier alpha value is -1.80. The first-order valence-corrected chi connectivity index (χ1v) is 15.2. The molecule has 6 aliphatic rings. The van der Waals surface area contributed by atoms with Crippen LogP contribution in [0, 0.1) is 22.7 Å². The van der Waals surface area contributed by atoms with Crippen molar-refractivity contribution in [3.8, 4) is 6.07 Å². The van der Waals surface area contributed by atoms with Crippen molar-refractivity contribution in [1.29, 1.82) is 5.26 Å². The Kier molecular flexibility index (Phi) is 9.11. The number of fused-ring (bicyclic) bond motifs is 3. The smallest absolute Gasteiger partial charge is 0.237 e. The lowest BCUT2D eigenvalue weighted by molar-refractivity contribution is -0.299. The monoisotopic (exact) mass is 547 g/mol. The number of rotatable bonds is 9. The van der Waals surface area contributed by atoms with E-state index in [4.69, 9.17) is 9.78 Å². The van der Waals surface area contributed by atoms with Crippen LogP contribution in [0.25, 0.3) is 0 Å². The van der Waals surface area contributed by atoms with Gasteiger partial charge in [0.1, 0.15) is 12.2 Å². The molecule has 1 N–H and O–H groups in total. The van der Waals surface area contributed by atoms with Gasteiger partial charge in [0.15, 0.2) is 0 Å². The van der Waals surface area contributed by atoms with Crippen molar-refractivity contribution in [2.45, 2.75) is 101 Å². The van der Waals surface area contributed by atoms with Gasteiger partial charge in [-0.05, 0) is 83.6 Å². The molecular formula is C29H46FN5O4. The molecule has 0 aromatic heterocycles. The van der Waals surface area contributed by atoms with E-state index in [9.17, 15) is 19.2 Å². The minimum Gasteiger partial charge on any atom is -0.342 e. The number of hydrogen-bond acceptors (Lipinski definition) is 7. The fourth-order valence-electron chi connectivity index (χ4n) is 7.88. The van der Waals surface area contributed by atoms with Crippen LogP contribution < -0.4 is 5.32 Å². The second-order valence-corrected chi connectivity index (χ2v) is 12.7. The molecular weight excluding hydrogens is 501 g/mol. The highest BCUT2D eigenvalue weighted by Gasteiger charge is 2.53. The van der Waals surface area contributed by atoms with Crippen molar-refractivity contribution in [3.05, 3.63) is 0 Å². The molecule has 39 heavy (non-hydrogen) atoms. The average molecular weight is 548 g/mol. The molecule has 0 unspecified atom stereocenters. The second-order valence-electron chi connectivity index (χ2n) is 12.7. The Labute approximate surface area is 232 Å². The maximum Gasteiger partial charge on any atom is 0.237 e. The molecule has 3 aliphatic heterocycles. The highest BCUT2D eigenvalue weighted by Crippen LogP contribution is 2.53. The zero-order chi connectivity index (χ0) is 27.5. The minimum absolute atomic E-state index is 0.0146. The van der Waals surface area contributed by atoms with Gasteiger partial charge in [-0.15, -0.1) is 0 Å². The van der Waals surface area contributed by atoms with Gasteiger partial charge in [-0.25, -0.2) is 14.2 Å². The number of halogens is 1. The standard InChI is InChI=1S/C29H46FN5O4/c1-2-38-39-21-22-4-3-13-34(19-22)24-5-14-33(15-6-24)27(37)28-7-10-29(11-8-28,12-9-28)32-18-26(36)35-20-23(30)16-25(35)17-31/h22-25,32H,2-16,18-21H2,1H3/t22-,23+,25+,28?,29?/m1/s1. The van der Waals surface area contributed by atoms with E-state index in [1.54, 1.807) is 0 Å². The first-order valence-electron chi connectivity index (χ1n) is 15.2. The summed E-state index contributed by atoms with van der Waals surface area (Å²) in [4.78, 5) is 43.1. The van der Waals surface area contributed by atoms with E-state index in [0.29, 0.717) is 31.1 Å². The van der Waals surface area contributed by atoms with Crippen LogP contribution >= 0.6 is 0 Å². The summed E-state index contributed by atoms with van der Waals surface area (Å²) in [5, 5.41) is 12.7. The molecule has 3 saturated carbocycles. The molecule has 3 saturated heterocycles. The summed E-state index contributed by atoms with van der Waals surface area (Å²) in [5.41, 5.74) is -0.381. The maximum absolute atomic E-state index is 13.8. The quantitative estimate of drug-likeness (QED) is 0.269. The molecule has 3 heterocycles. The summed E-state index contributed by atoms with van der Waals surface area (Å²) in [6.45, 7) is 7.18. The molecule has 0 aromatic carbocycles. The van der Waals surface area contributed by atoms with Crippen LogP contribution in [0.4, 0.5) is 4.39 Å². The van der Waals surface area contributed by atoms with E-state index in [1.165, 1.54) is 17.7 Å². The second kappa shape index (κ2) is 12.4. The van der Waals surface area contributed by atoms with Crippen molar-refractivity contribution in [1.82, 2.24) is 20.0 Å². The van der Waals surface area contributed by atoms with Crippen LogP contribution in [0.1, 0.15) is 77.6 Å². The molecule has 3 atom stereocenters. The molecule has 2 amide bonds. The molecule has 10 heteroatoms. The third kappa shape index (κ3) is 6.27. The van der Waals surface area contributed by atoms with Gasteiger partial charge in [0.25, 0.3) is 0 Å². The number of hydrogen-bond donors (Lipinski definition) is 1. The number of alkyl halides is 1. The summed E-state index contributed by atoms with van der Waals surface area (Å²) in [6.07, 6.45) is 8.67. The normalized spacial score (nSPS) is 35.8. The number of carbonyl (C=O) groups excluding carboxylic acids is 2. The zero-order valence-electron chi connectivity index (χ0n) is 23.5. The van der Waals surface area contributed by atoms with Crippen molar-refractivity contribution < 1.29 is 23.8 Å². The molecule has 0 radical (unpaired) electrons. The summed E-state index contributed by atoms with van der Waals surface area (Å²) in [7, 11) is 0. The van der Waals surface area contributed by atoms with Crippen LogP contribution in [-0.2, 0) is 19.4 Å². The average Bonchev–Trinajstić information content (AvgIpc) is 3.37. The first kappa shape index (κ1) is 28.7. The summed E-state index contributed by atoms with van der Waals surface area (Å²) in [5.74, 6) is 0.662. The van der Waals surface area contributed by atoms with E-state index in [1.807, 2.05) is 6.92 Å². The van der Waals surface area contributed by atoms with Gasteiger partial charge in [0, 0.05) is 43.1 Å². The first-order chi connectivity index (χ1) is 18.9. The number of amides is 2. The number of nitrogens with zero attached hydrogens (tertiary/aromatic N) is 4. The molecule has 6 rings (SSSR count). The number of carbonyl (C=O) groups is 2. The number of likely N-dealkylation sites (tertiary alicyclic amines) is 3. The number of nitrogens with one attached hydrogen (secondary N) is 1. The lowest BCUT2D eigenvalue weighted by Gasteiger charge is -2.54. The van der Waals surface area contributed by atoms with Crippen molar-refractivity contribution in [3.63, 3.8) is 0 Å². The predicted octanol–water partition coefficient (Wildman–Crippen LogP) is 2.80. The largest absolute Gasteiger partial charge is 0.342 e. The van der Waals surface area contributed by atoms with Gasteiger partial charge in [-0.3, -0.25) is 14.5 Å². The molecule has 218 valence electrons. The predicted molar refractivity (Wildman–Crippen MR) is 143 cm³/mol. The van der Waals surface area contributed by atoms with Crippen LogP contribution in [0.3, 0.4) is 0 Å². The van der Waals surface area contributed by atoms with Gasteiger partial charge in [0.05, 0.1) is 32.4 Å². The van der Waals surface area contributed by atoms with E-state index >= 15 is 0 Å². The van der Waals surface area contributed by atoms with Crippen molar-refractivity contribution in [2.75, 3.05) is 52.5 Å². The Balaban J connectivity index is 1.07. The fourth-order valence-corrected chi connectivity index (χ4v) is 7.88. The Morgan fingerprint density at radius 3 is 2.41 bits per heavy atom. The third-order valence-corrected chi connectivity index (χ3v) is 10.4. The molecule has 3 aliphatic carbocycles. The van der Waals surface area contributed by atoms with Gasteiger partial charge < -0.3 is 15.1 Å². The summed E-state index contributed by atoms with van der Waals surface area (Å²) in [6, 6.07) is 1.94. The Morgan fingerprint density at radius 2 is 1.74 bits per heavy atom. The topological polar surface area (TPSA) is 98.1 Å². The van der Waals surface area contributed by atoms with Gasteiger partial charge in [-0.2, -0.15) is 5.26 Å². The summed E-state index contributed by atoms with van der Waals surface area (Å²) < 4.78 is 13.8. The van der Waals surface area contributed by atoms with E-state index in [0.717, 1.165) is 77.5 Å². The molecule has 0 spiro atoms. The van der Waals surface area contributed by atoms with Crippen molar-refractivity contribution in [2.24, 2.45) is 11.3 Å². The zero-order valence-corrected chi connectivity index (χ0v) is 23.5. The Morgan fingerprint density at radius 1 is 1.03 bits per heavy atom. The van der Waals surface area contributed by atoms with Crippen LogP contribution in [0.2, 0.25) is 0 Å². The molecule has 0 aromatic rings. The van der Waals surface area contributed by atoms with Gasteiger partial charge in [-0.1, -0.05) is 0 Å². The molecule has 2 bridgehead atoms. The highest BCUT2D eigenvalue weighted by atomic mass is 19.1. The minimum atomic E-state index is -1.12. The Bertz CT molecular complexity index is 895. The van der Waals surface area contributed by atoms with Gasteiger partial charge in [0.2, 0.25) is 11.8 Å². The summed E-state index contributed by atoms with van der Waals surface area (Å²) >= 11 is 0. The van der Waals surface area contributed by atoms with E-state index < -0.39 is 12.2 Å².